The van der Waals surface area contributed by atoms with Crippen LogP contribution in [0.15, 0.2) is 72.8 Å². The molecule has 2 aliphatic rings. The average molecular weight is 400 g/mol. The number of aromatic amines is 1. The van der Waals surface area contributed by atoms with Crippen LogP contribution in [0.3, 0.4) is 0 Å². The second kappa shape index (κ2) is 5.29. The van der Waals surface area contributed by atoms with Crippen LogP contribution >= 0.6 is 0 Å². The van der Waals surface area contributed by atoms with E-state index in [1.54, 1.807) is 0 Å². The highest BCUT2D eigenvalue weighted by Crippen LogP contribution is 2.59. The van der Waals surface area contributed by atoms with Gasteiger partial charge in [0.25, 0.3) is 0 Å². The number of hydrogen-bond donors (Lipinski definition) is 1. The van der Waals surface area contributed by atoms with Crippen molar-refractivity contribution in [3.63, 3.8) is 0 Å². The van der Waals surface area contributed by atoms with Crippen molar-refractivity contribution in [1.82, 2.24) is 4.98 Å². The Labute approximate surface area is 182 Å². The van der Waals surface area contributed by atoms with Gasteiger partial charge in [0.05, 0.1) is 0 Å². The zero-order valence-electron chi connectivity index (χ0n) is 18.4. The van der Waals surface area contributed by atoms with Gasteiger partial charge in [-0.3, -0.25) is 0 Å². The van der Waals surface area contributed by atoms with Gasteiger partial charge in [-0.15, -0.1) is 0 Å². The number of benzene rings is 4. The summed E-state index contributed by atoms with van der Waals surface area (Å²) < 4.78 is 0. The van der Waals surface area contributed by atoms with Crippen LogP contribution in [0.4, 0.5) is 0 Å². The van der Waals surface area contributed by atoms with Gasteiger partial charge < -0.3 is 4.98 Å². The Morgan fingerprint density at radius 2 is 1.16 bits per heavy atom. The summed E-state index contributed by atoms with van der Waals surface area (Å²) in [7, 11) is 0. The predicted octanol–water partition coefficient (Wildman–Crippen LogP) is 7.93. The van der Waals surface area contributed by atoms with E-state index in [4.69, 9.17) is 0 Å². The highest BCUT2D eigenvalue weighted by atomic mass is 14.7. The standard InChI is InChI=1S/C30H25N/c1-29(2)23-11-7-5-9-17(23)19-13-14-20-21-16-26-22(18-10-6-8-12-25(18)31-26)15-24(21)30(3,4)28(20)27(19)29/h5-16,31H,1-4H3. The summed E-state index contributed by atoms with van der Waals surface area (Å²) in [5.41, 5.74) is 13.9. The summed E-state index contributed by atoms with van der Waals surface area (Å²) in [6, 6.07) is 27.2. The third-order valence-electron chi connectivity index (χ3n) is 7.95. The molecule has 1 heteroatoms. The van der Waals surface area contributed by atoms with Crippen LogP contribution in [0.1, 0.15) is 49.9 Å². The summed E-state index contributed by atoms with van der Waals surface area (Å²) >= 11 is 0. The van der Waals surface area contributed by atoms with Crippen molar-refractivity contribution in [3.05, 3.63) is 95.1 Å². The van der Waals surface area contributed by atoms with Crippen LogP contribution in [0.5, 0.6) is 0 Å². The Bertz CT molecular complexity index is 1580. The first kappa shape index (κ1) is 17.4. The fourth-order valence-corrected chi connectivity index (χ4v) is 6.52. The molecule has 0 amide bonds. The molecule has 1 aromatic heterocycles. The lowest BCUT2D eigenvalue weighted by Gasteiger charge is -2.30. The average Bonchev–Trinajstić information content (AvgIpc) is 3.32. The van der Waals surface area contributed by atoms with Crippen molar-refractivity contribution in [1.29, 1.82) is 0 Å². The Morgan fingerprint density at radius 3 is 1.97 bits per heavy atom. The number of aromatic nitrogens is 1. The zero-order valence-corrected chi connectivity index (χ0v) is 18.4. The Balaban J connectivity index is 1.58. The number of nitrogens with one attached hydrogen (secondary N) is 1. The molecule has 0 aliphatic heterocycles. The fraction of sp³-hybridized carbons (Fsp3) is 0.200. The Hall–Kier alpha value is -3.32. The second-order valence-electron chi connectivity index (χ2n) is 10.3. The van der Waals surface area contributed by atoms with E-state index < -0.39 is 0 Å². The number of rotatable bonds is 0. The lowest BCUT2D eigenvalue weighted by atomic mass is 9.72. The molecule has 0 spiro atoms. The second-order valence-corrected chi connectivity index (χ2v) is 10.3. The molecule has 2 aliphatic carbocycles. The van der Waals surface area contributed by atoms with Gasteiger partial charge in [0.1, 0.15) is 0 Å². The third-order valence-corrected chi connectivity index (χ3v) is 7.95. The van der Waals surface area contributed by atoms with Crippen molar-refractivity contribution < 1.29 is 0 Å². The van der Waals surface area contributed by atoms with Gasteiger partial charge in [0.2, 0.25) is 0 Å². The summed E-state index contributed by atoms with van der Waals surface area (Å²) in [6.45, 7) is 9.62. The molecule has 0 radical (unpaired) electrons. The maximum atomic E-state index is 3.65. The molecule has 0 atom stereocenters. The minimum atomic E-state index is -0.0398. The first-order valence-electron chi connectivity index (χ1n) is 11.2. The largest absolute Gasteiger partial charge is 0.354 e. The molecule has 1 N–H and O–H groups in total. The van der Waals surface area contributed by atoms with Crippen LogP contribution in [0, 0.1) is 0 Å². The van der Waals surface area contributed by atoms with E-state index >= 15 is 0 Å². The summed E-state index contributed by atoms with van der Waals surface area (Å²) in [5, 5.41) is 2.64. The molecule has 0 bridgehead atoms. The smallest absolute Gasteiger partial charge is 0.0471 e. The third kappa shape index (κ3) is 1.93. The topological polar surface area (TPSA) is 15.8 Å². The molecule has 0 fully saturated rings. The van der Waals surface area contributed by atoms with Crippen LogP contribution in [-0.2, 0) is 10.8 Å². The van der Waals surface area contributed by atoms with E-state index in [-0.39, 0.29) is 10.8 Å². The lowest BCUT2D eigenvalue weighted by molar-refractivity contribution is 0.601. The van der Waals surface area contributed by atoms with Crippen molar-refractivity contribution in [3.8, 4) is 22.3 Å². The number of hydrogen-bond acceptors (Lipinski definition) is 0. The van der Waals surface area contributed by atoms with E-state index in [2.05, 4.69) is 105 Å². The van der Waals surface area contributed by atoms with E-state index in [0.717, 1.165) is 0 Å². The maximum Gasteiger partial charge on any atom is 0.0471 e. The first-order chi connectivity index (χ1) is 14.9. The quantitative estimate of drug-likeness (QED) is 0.272. The highest BCUT2D eigenvalue weighted by Gasteiger charge is 2.45. The SMILES string of the molecule is CC1(C)c2ccccc2-c2ccc3c(c21)C(C)(C)c1cc2c(cc1-3)[nH]c1ccccc12. The summed E-state index contributed by atoms with van der Waals surface area (Å²) in [6.07, 6.45) is 0. The van der Waals surface area contributed by atoms with Crippen molar-refractivity contribution in [2.24, 2.45) is 0 Å². The molecule has 5 aromatic rings. The van der Waals surface area contributed by atoms with Crippen LogP contribution in [0.2, 0.25) is 0 Å². The Morgan fingerprint density at radius 1 is 0.516 bits per heavy atom. The fourth-order valence-electron chi connectivity index (χ4n) is 6.52. The molecule has 1 heterocycles. The molecule has 4 aromatic carbocycles. The minimum Gasteiger partial charge on any atom is -0.354 e. The normalized spacial score (nSPS) is 16.9. The van der Waals surface area contributed by atoms with Crippen molar-refractivity contribution in [2.45, 2.75) is 38.5 Å². The first-order valence-corrected chi connectivity index (χ1v) is 11.2. The van der Waals surface area contributed by atoms with Gasteiger partial charge in [0, 0.05) is 32.6 Å². The molecule has 0 saturated carbocycles. The van der Waals surface area contributed by atoms with E-state index in [1.165, 1.54) is 66.3 Å². The molecule has 0 saturated heterocycles. The van der Waals surface area contributed by atoms with E-state index in [1.807, 2.05) is 0 Å². The number of para-hydroxylation sites is 1. The van der Waals surface area contributed by atoms with Crippen LogP contribution in [-0.4, -0.2) is 4.98 Å². The van der Waals surface area contributed by atoms with E-state index in [0.29, 0.717) is 0 Å². The van der Waals surface area contributed by atoms with E-state index in [9.17, 15) is 0 Å². The van der Waals surface area contributed by atoms with Gasteiger partial charge in [-0.05, 0) is 62.7 Å². The number of fused-ring (bicyclic) bond motifs is 10. The minimum absolute atomic E-state index is 0.00413. The molecular formula is C30H25N. The highest BCUT2D eigenvalue weighted by molar-refractivity contribution is 6.09. The molecular weight excluding hydrogens is 374 g/mol. The van der Waals surface area contributed by atoms with Gasteiger partial charge in [-0.25, -0.2) is 0 Å². The molecule has 31 heavy (non-hydrogen) atoms. The van der Waals surface area contributed by atoms with Crippen LogP contribution in [0.25, 0.3) is 44.1 Å². The molecule has 7 rings (SSSR count). The Kier molecular flexibility index (Phi) is 2.96. The van der Waals surface area contributed by atoms with Gasteiger partial charge in [-0.2, -0.15) is 0 Å². The monoisotopic (exact) mass is 399 g/mol. The summed E-state index contributed by atoms with van der Waals surface area (Å²) in [5.74, 6) is 0. The van der Waals surface area contributed by atoms with Crippen molar-refractivity contribution in [2.75, 3.05) is 0 Å². The molecule has 150 valence electrons. The maximum absolute atomic E-state index is 3.65. The predicted molar refractivity (Wildman–Crippen MR) is 131 cm³/mol. The summed E-state index contributed by atoms with van der Waals surface area (Å²) in [4.78, 5) is 3.65. The molecule has 1 nitrogen and oxygen atoms in total. The van der Waals surface area contributed by atoms with Gasteiger partial charge >= 0.3 is 0 Å². The lowest BCUT2D eigenvalue weighted by Crippen LogP contribution is -2.24. The van der Waals surface area contributed by atoms with Crippen LogP contribution < -0.4 is 0 Å². The number of H-pyrrole nitrogens is 1. The zero-order chi connectivity index (χ0) is 21.1. The van der Waals surface area contributed by atoms with Crippen molar-refractivity contribution >= 4 is 21.8 Å². The van der Waals surface area contributed by atoms with Gasteiger partial charge in [0.15, 0.2) is 0 Å². The van der Waals surface area contributed by atoms with Gasteiger partial charge in [-0.1, -0.05) is 82.3 Å². The molecule has 0 unspecified atom stereocenters.